The van der Waals surface area contributed by atoms with E-state index in [1.807, 2.05) is 23.3 Å². The van der Waals surface area contributed by atoms with Gasteiger partial charge in [0, 0.05) is 6.42 Å². The van der Waals surface area contributed by atoms with Gasteiger partial charge in [0.2, 0.25) is 6.33 Å². The van der Waals surface area contributed by atoms with Crippen molar-refractivity contribution in [3.63, 3.8) is 0 Å². The second kappa shape index (κ2) is 3.37. The summed E-state index contributed by atoms with van der Waals surface area (Å²) in [6.45, 7) is 2.67. The summed E-state index contributed by atoms with van der Waals surface area (Å²) in [5.41, 5.74) is 0. The van der Waals surface area contributed by atoms with E-state index in [-0.39, 0.29) is 6.10 Å². The molecule has 1 heterocycles. The summed E-state index contributed by atoms with van der Waals surface area (Å²) in [5.74, 6) is 0. The third-order valence-corrected chi connectivity index (χ3v) is 1.41. The lowest BCUT2D eigenvalue weighted by atomic mass is 10.3. The summed E-state index contributed by atoms with van der Waals surface area (Å²) < 4.78 is 2.01. The van der Waals surface area contributed by atoms with E-state index >= 15 is 0 Å². The van der Waals surface area contributed by atoms with Crippen LogP contribution in [-0.2, 0) is 6.54 Å². The predicted octanol–water partition coefficient (Wildman–Crippen LogP) is 0.0731. The molecule has 1 atom stereocenters. The number of aryl methyl sites for hydroxylation is 1. The molecule has 0 aliphatic heterocycles. The van der Waals surface area contributed by atoms with Gasteiger partial charge in [-0.25, -0.2) is 4.57 Å². The van der Waals surface area contributed by atoms with Crippen molar-refractivity contribution in [1.29, 1.82) is 0 Å². The zero-order valence-corrected chi connectivity index (χ0v) is 6.12. The van der Waals surface area contributed by atoms with Gasteiger partial charge in [0.25, 0.3) is 0 Å². The Kier molecular flexibility index (Phi) is 2.45. The van der Waals surface area contributed by atoms with Crippen LogP contribution in [0.5, 0.6) is 0 Å². The highest BCUT2D eigenvalue weighted by molar-refractivity contribution is 4.55. The normalized spacial score (nSPS) is 13.4. The average molecular weight is 141 g/mol. The Morgan fingerprint density at radius 3 is 3.00 bits per heavy atom. The number of rotatable bonds is 3. The van der Waals surface area contributed by atoms with Gasteiger partial charge in [0.05, 0.1) is 12.6 Å². The number of nitrogens with one attached hydrogen (secondary N) is 1. The Bertz CT molecular complexity index is 170. The molecule has 0 saturated carbocycles. The first-order valence-corrected chi connectivity index (χ1v) is 3.49. The average Bonchev–Trinajstić information content (AvgIpc) is 2.34. The molecule has 10 heavy (non-hydrogen) atoms. The number of aliphatic hydroxyl groups is 1. The first kappa shape index (κ1) is 7.28. The van der Waals surface area contributed by atoms with Gasteiger partial charge in [-0.05, 0) is 6.92 Å². The fraction of sp³-hybridized carbons (Fsp3) is 0.571. The van der Waals surface area contributed by atoms with Crippen LogP contribution in [0.15, 0.2) is 18.7 Å². The Balaban J connectivity index is 2.28. The molecule has 0 aromatic carbocycles. The van der Waals surface area contributed by atoms with E-state index in [4.69, 9.17) is 5.11 Å². The van der Waals surface area contributed by atoms with Crippen LogP contribution in [0.4, 0.5) is 0 Å². The number of aromatic amines is 1. The number of aromatic nitrogens is 2. The number of aliphatic hydroxyl groups excluding tert-OH is 1. The van der Waals surface area contributed by atoms with Gasteiger partial charge in [-0.15, -0.1) is 0 Å². The zero-order valence-electron chi connectivity index (χ0n) is 6.12. The number of imidazole rings is 1. The minimum Gasteiger partial charge on any atom is -0.393 e. The molecule has 1 rings (SSSR count). The number of H-pyrrole nitrogens is 1. The van der Waals surface area contributed by atoms with Crippen LogP contribution in [0.3, 0.4) is 0 Å². The first-order chi connectivity index (χ1) is 4.79. The maximum atomic E-state index is 8.93. The third kappa shape index (κ3) is 2.19. The molecule has 1 aromatic heterocycles. The fourth-order valence-electron chi connectivity index (χ4n) is 0.796. The highest BCUT2D eigenvalue weighted by Crippen LogP contribution is 1.87. The van der Waals surface area contributed by atoms with E-state index in [1.54, 1.807) is 6.92 Å². The van der Waals surface area contributed by atoms with Gasteiger partial charge in [-0.3, -0.25) is 4.98 Å². The number of hydrogen-bond donors (Lipinski definition) is 2. The van der Waals surface area contributed by atoms with Gasteiger partial charge in [0.1, 0.15) is 12.4 Å². The SMILES string of the molecule is CC(O)CC[n+]1cc[nH]c1. The molecular weight excluding hydrogens is 128 g/mol. The topological polar surface area (TPSA) is 39.9 Å². The Hall–Kier alpha value is -0.830. The minimum absolute atomic E-state index is 0.206. The van der Waals surface area contributed by atoms with Crippen molar-refractivity contribution in [3.8, 4) is 0 Å². The quantitative estimate of drug-likeness (QED) is 0.575. The summed E-state index contributed by atoms with van der Waals surface area (Å²) in [4.78, 5) is 2.93. The molecule has 2 N–H and O–H groups in total. The van der Waals surface area contributed by atoms with Crippen LogP contribution in [0.25, 0.3) is 0 Å². The highest BCUT2D eigenvalue weighted by Gasteiger charge is 1.99. The van der Waals surface area contributed by atoms with Gasteiger partial charge in [0.15, 0.2) is 0 Å². The summed E-state index contributed by atoms with van der Waals surface area (Å²) in [5, 5.41) is 8.93. The molecule has 56 valence electrons. The van der Waals surface area contributed by atoms with E-state index in [0.717, 1.165) is 13.0 Å². The summed E-state index contributed by atoms with van der Waals surface area (Å²) in [6.07, 6.45) is 6.29. The molecule has 0 radical (unpaired) electrons. The lowest BCUT2D eigenvalue weighted by molar-refractivity contribution is -0.696. The summed E-state index contributed by atoms with van der Waals surface area (Å²) in [6, 6.07) is 0. The van der Waals surface area contributed by atoms with Crippen LogP contribution in [0, 0.1) is 0 Å². The van der Waals surface area contributed by atoms with Gasteiger partial charge >= 0.3 is 0 Å². The summed E-state index contributed by atoms with van der Waals surface area (Å²) >= 11 is 0. The predicted molar refractivity (Wildman–Crippen MR) is 37.3 cm³/mol. The van der Waals surface area contributed by atoms with Crippen LogP contribution in [0.1, 0.15) is 13.3 Å². The molecule has 3 nitrogen and oxygen atoms in total. The van der Waals surface area contributed by atoms with Crippen LogP contribution in [0.2, 0.25) is 0 Å². The van der Waals surface area contributed by atoms with Crippen molar-refractivity contribution in [2.24, 2.45) is 0 Å². The molecule has 0 fully saturated rings. The third-order valence-electron chi connectivity index (χ3n) is 1.41. The van der Waals surface area contributed by atoms with E-state index in [9.17, 15) is 0 Å². The van der Waals surface area contributed by atoms with Gasteiger partial charge < -0.3 is 5.11 Å². The molecule has 0 amide bonds. The lowest BCUT2D eigenvalue weighted by Gasteiger charge is -1.98. The van der Waals surface area contributed by atoms with E-state index in [1.165, 1.54) is 0 Å². The van der Waals surface area contributed by atoms with Crippen molar-refractivity contribution in [1.82, 2.24) is 4.98 Å². The lowest BCUT2D eigenvalue weighted by Crippen LogP contribution is -2.32. The summed E-state index contributed by atoms with van der Waals surface area (Å²) in [7, 11) is 0. The standard InChI is InChI=1S/C7H12N2O/c1-7(10)2-4-9-5-3-8-6-9/h3,5-7,10H,2,4H2,1H3/p+1. The molecule has 3 heteroatoms. The Labute approximate surface area is 60.3 Å². The highest BCUT2D eigenvalue weighted by atomic mass is 16.3. The second-order valence-corrected chi connectivity index (χ2v) is 2.49. The number of nitrogens with zero attached hydrogens (tertiary/aromatic N) is 1. The molecule has 1 aromatic rings. The van der Waals surface area contributed by atoms with E-state index in [2.05, 4.69) is 4.98 Å². The van der Waals surface area contributed by atoms with E-state index < -0.39 is 0 Å². The molecule has 0 spiro atoms. The molecular formula is C7H13N2O+. The molecule has 0 aliphatic carbocycles. The first-order valence-electron chi connectivity index (χ1n) is 3.49. The van der Waals surface area contributed by atoms with Crippen LogP contribution in [-0.4, -0.2) is 16.2 Å². The van der Waals surface area contributed by atoms with Crippen molar-refractivity contribution < 1.29 is 9.67 Å². The number of hydrogen-bond acceptors (Lipinski definition) is 1. The monoisotopic (exact) mass is 141 g/mol. The van der Waals surface area contributed by atoms with Crippen LogP contribution >= 0.6 is 0 Å². The van der Waals surface area contributed by atoms with E-state index in [0.29, 0.717) is 0 Å². The Morgan fingerprint density at radius 2 is 2.50 bits per heavy atom. The van der Waals surface area contributed by atoms with Gasteiger partial charge in [-0.1, -0.05) is 0 Å². The maximum absolute atomic E-state index is 8.93. The molecule has 0 aliphatic rings. The van der Waals surface area contributed by atoms with Crippen molar-refractivity contribution in [3.05, 3.63) is 18.7 Å². The van der Waals surface area contributed by atoms with Crippen molar-refractivity contribution in [2.45, 2.75) is 26.0 Å². The van der Waals surface area contributed by atoms with Crippen molar-refractivity contribution in [2.75, 3.05) is 0 Å². The Morgan fingerprint density at radius 1 is 1.70 bits per heavy atom. The fourth-order valence-corrected chi connectivity index (χ4v) is 0.796. The smallest absolute Gasteiger partial charge is 0.241 e. The molecule has 0 bridgehead atoms. The van der Waals surface area contributed by atoms with Crippen molar-refractivity contribution >= 4 is 0 Å². The minimum atomic E-state index is -0.206. The molecule has 1 unspecified atom stereocenters. The largest absolute Gasteiger partial charge is 0.393 e. The molecule has 0 saturated heterocycles. The second-order valence-electron chi connectivity index (χ2n) is 2.49. The zero-order chi connectivity index (χ0) is 7.40. The van der Waals surface area contributed by atoms with Crippen LogP contribution < -0.4 is 4.57 Å². The maximum Gasteiger partial charge on any atom is 0.241 e. The van der Waals surface area contributed by atoms with Gasteiger partial charge in [-0.2, -0.15) is 0 Å².